The Morgan fingerprint density at radius 1 is 1.09 bits per heavy atom. The Hall–Kier alpha value is -2.38. The number of thiocarbonyl (C=S) groups is 1. The van der Waals surface area contributed by atoms with E-state index in [0.717, 1.165) is 21.5 Å². The van der Waals surface area contributed by atoms with Crippen LogP contribution in [0.5, 0.6) is 11.5 Å². The molecule has 32 heavy (non-hydrogen) atoms. The molecule has 170 valence electrons. The minimum atomic E-state index is 0.430. The summed E-state index contributed by atoms with van der Waals surface area (Å²) in [5.74, 6) is 2.30. The fourth-order valence-corrected chi connectivity index (χ4v) is 4.21. The third-order valence-corrected chi connectivity index (χ3v) is 6.04. The van der Waals surface area contributed by atoms with E-state index in [-0.39, 0.29) is 0 Å². The van der Waals surface area contributed by atoms with Crippen LogP contribution in [0.3, 0.4) is 0 Å². The Bertz CT molecular complexity index is 912. The first-order valence-electron chi connectivity index (χ1n) is 11.0. The molecule has 7 heteroatoms. The lowest BCUT2D eigenvalue weighted by molar-refractivity contribution is 0.217. The van der Waals surface area contributed by atoms with Crippen LogP contribution in [0, 0.1) is 0 Å². The lowest BCUT2D eigenvalue weighted by Crippen LogP contribution is -2.31. The molecule has 2 aromatic rings. The second kappa shape index (κ2) is 13.2. The normalized spacial score (nSPS) is 14.2. The molecule has 0 unspecified atom stereocenters. The van der Waals surface area contributed by atoms with Crippen molar-refractivity contribution in [3.63, 3.8) is 0 Å². The Morgan fingerprint density at radius 3 is 2.59 bits per heavy atom. The lowest BCUT2D eigenvalue weighted by Gasteiger charge is -2.22. The second-order valence-electron chi connectivity index (χ2n) is 7.65. The van der Waals surface area contributed by atoms with E-state index < -0.39 is 0 Å². The zero-order chi connectivity index (χ0) is 22.6. The van der Waals surface area contributed by atoms with Crippen molar-refractivity contribution in [2.45, 2.75) is 38.0 Å². The molecule has 0 aromatic heterocycles. The third-order valence-electron chi connectivity index (χ3n) is 5.31. The van der Waals surface area contributed by atoms with Crippen LogP contribution in [0.15, 0.2) is 64.7 Å². The fourth-order valence-electron chi connectivity index (χ4n) is 3.70. The van der Waals surface area contributed by atoms with Gasteiger partial charge in [0.2, 0.25) is 0 Å². The molecule has 5 nitrogen and oxygen atoms in total. The van der Waals surface area contributed by atoms with E-state index in [1.807, 2.05) is 18.2 Å². The number of halogens is 1. The number of hydrogen-bond acceptors (Lipinski definition) is 4. The van der Waals surface area contributed by atoms with E-state index in [2.05, 4.69) is 62.6 Å². The predicted octanol–water partition coefficient (Wildman–Crippen LogP) is 5.94. The molecular weight excluding hydrogens is 486 g/mol. The van der Waals surface area contributed by atoms with Crippen molar-refractivity contribution in [2.75, 3.05) is 19.8 Å². The van der Waals surface area contributed by atoms with Crippen molar-refractivity contribution in [1.29, 1.82) is 0 Å². The summed E-state index contributed by atoms with van der Waals surface area (Å²) in [6.07, 6.45) is 10.1. The minimum Gasteiger partial charge on any atom is -0.490 e. The molecule has 0 aliphatic heterocycles. The largest absolute Gasteiger partial charge is 0.490 e. The van der Waals surface area contributed by atoms with Gasteiger partial charge < -0.3 is 14.8 Å². The van der Waals surface area contributed by atoms with Gasteiger partial charge in [0.1, 0.15) is 24.7 Å². The molecule has 0 saturated heterocycles. The van der Waals surface area contributed by atoms with Gasteiger partial charge in [0.15, 0.2) is 5.11 Å². The van der Waals surface area contributed by atoms with Crippen molar-refractivity contribution < 1.29 is 9.47 Å². The van der Waals surface area contributed by atoms with E-state index in [1.54, 1.807) is 12.3 Å². The van der Waals surface area contributed by atoms with Gasteiger partial charge in [-0.25, -0.2) is 0 Å². The minimum absolute atomic E-state index is 0.430. The number of hydrazone groups is 1. The van der Waals surface area contributed by atoms with Crippen molar-refractivity contribution in [3.05, 3.63) is 70.7 Å². The van der Waals surface area contributed by atoms with Gasteiger partial charge in [-0.2, -0.15) is 5.10 Å². The van der Waals surface area contributed by atoms with Crippen molar-refractivity contribution in [2.24, 2.45) is 5.10 Å². The highest BCUT2D eigenvalue weighted by molar-refractivity contribution is 9.10. The SMILES string of the molecule is C=CCNC(=S)NN=Cc1cc(Br)ccc1OCCOc1ccc(C2CCCCC2)cc1. The number of benzene rings is 2. The van der Waals surface area contributed by atoms with Crippen LogP contribution in [-0.4, -0.2) is 31.1 Å². The van der Waals surface area contributed by atoms with E-state index in [1.165, 1.54) is 37.7 Å². The number of rotatable bonds is 10. The quantitative estimate of drug-likeness (QED) is 0.135. The van der Waals surface area contributed by atoms with Gasteiger partial charge in [-0.15, -0.1) is 6.58 Å². The Labute approximate surface area is 204 Å². The summed E-state index contributed by atoms with van der Waals surface area (Å²) in [4.78, 5) is 0. The highest BCUT2D eigenvalue weighted by Crippen LogP contribution is 2.33. The van der Waals surface area contributed by atoms with Crippen LogP contribution < -0.4 is 20.2 Å². The van der Waals surface area contributed by atoms with Crippen LogP contribution in [0.1, 0.15) is 49.1 Å². The maximum absolute atomic E-state index is 5.93. The van der Waals surface area contributed by atoms with E-state index in [4.69, 9.17) is 21.7 Å². The Kier molecular flexibility index (Phi) is 10.0. The summed E-state index contributed by atoms with van der Waals surface area (Å²) in [5, 5.41) is 7.56. The van der Waals surface area contributed by atoms with Crippen LogP contribution in [0.2, 0.25) is 0 Å². The first-order valence-corrected chi connectivity index (χ1v) is 12.2. The maximum Gasteiger partial charge on any atom is 0.187 e. The molecule has 0 spiro atoms. The van der Waals surface area contributed by atoms with Gasteiger partial charge in [-0.05, 0) is 66.9 Å². The smallest absolute Gasteiger partial charge is 0.187 e. The summed E-state index contributed by atoms with van der Waals surface area (Å²) in [6.45, 7) is 5.11. The van der Waals surface area contributed by atoms with E-state index in [9.17, 15) is 0 Å². The molecular formula is C25H30BrN3O2S. The molecule has 0 atom stereocenters. The molecule has 1 fully saturated rings. The molecule has 1 saturated carbocycles. The van der Waals surface area contributed by atoms with E-state index >= 15 is 0 Å². The summed E-state index contributed by atoms with van der Waals surface area (Å²) in [5.41, 5.74) is 5.04. The van der Waals surface area contributed by atoms with Crippen LogP contribution in [0.25, 0.3) is 0 Å². The highest BCUT2D eigenvalue weighted by atomic mass is 79.9. The summed E-state index contributed by atoms with van der Waals surface area (Å²) < 4.78 is 12.7. The number of ether oxygens (including phenoxy) is 2. The zero-order valence-electron chi connectivity index (χ0n) is 18.2. The fraction of sp³-hybridized carbons (Fsp3) is 0.360. The Balaban J connectivity index is 1.47. The lowest BCUT2D eigenvalue weighted by atomic mass is 9.84. The summed E-state index contributed by atoms with van der Waals surface area (Å²) in [6, 6.07) is 14.3. The highest BCUT2D eigenvalue weighted by Gasteiger charge is 2.15. The van der Waals surface area contributed by atoms with Gasteiger partial charge in [0.05, 0.1) is 6.21 Å². The number of nitrogens with one attached hydrogen (secondary N) is 2. The van der Waals surface area contributed by atoms with Crippen LogP contribution in [0.4, 0.5) is 0 Å². The molecule has 0 radical (unpaired) electrons. The predicted molar refractivity (Wildman–Crippen MR) is 139 cm³/mol. The Morgan fingerprint density at radius 2 is 1.84 bits per heavy atom. The summed E-state index contributed by atoms with van der Waals surface area (Å²) >= 11 is 8.62. The van der Waals surface area contributed by atoms with Gasteiger partial charge in [0, 0.05) is 16.6 Å². The average molecular weight is 517 g/mol. The number of hydrogen-bond donors (Lipinski definition) is 2. The van der Waals surface area contributed by atoms with E-state index in [0.29, 0.717) is 30.8 Å². The molecule has 2 aromatic carbocycles. The van der Waals surface area contributed by atoms with Gasteiger partial charge >= 0.3 is 0 Å². The second-order valence-corrected chi connectivity index (χ2v) is 8.98. The van der Waals surface area contributed by atoms with Crippen molar-refractivity contribution in [3.8, 4) is 11.5 Å². The first-order chi connectivity index (χ1) is 15.7. The number of nitrogens with zero attached hydrogens (tertiary/aromatic N) is 1. The molecule has 2 N–H and O–H groups in total. The van der Waals surface area contributed by atoms with Crippen molar-refractivity contribution >= 4 is 39.5 Å². The molecule has 0 amide bonds. The zero-order valence-corrected chi connectivity index (χ0v) is 20.6. The monoisotopic (exact) mass is 515 g/mol. The standard InChI is InChI=1S/C25H30BrN3O2S/c1-2-14-27-25(32)29-28-18-21-17-22(26)10-13-24(21)31-16-15-30-23-11-8-20(9-12-23)19-6-4-3-5-7-19/h2,8-13,17-19H,1,3-7,14-16H2,(H2,27,29,32). The molecule has 1 aliphatic rings. The third kappa shape index (κ3) is 7.95. The van der Waals surface area contributed by atoms with Gasteiger partial charge in [0.25, 0.3) is 0 Å². The van der Waals surface area contributed by atoms with Crippen LogP contribution in [-0.2, 0) is 0 Å². The first kappa shape index (κ1) is 24.3. The average Bonchev–Trinajstić information content (AvgIpc) is 2.82. The topological polar surface area (TPSA) is 54.9 Å². The van der Waals surface area contributed by atoms with Crippen LogP contribution >= 0.6 is 28.1 Å². The van der Waals surface area contributed by atoms with Gasteiger partial charge in [-0.3, -0.25) is 5.43 Å². The summed E-state index contributed by atoms with van der Waals surface area (Å²) in [7, 11) is 0. The van der Waals surface area contributed by atoms with Crippen molar-refractivity contribution in [1.82, 2.24) is 10.7 Å². The molecule has 0 heterocycles. The molecule has 0 bridgehead atoms. The molecule has 3 rings (SSSR count). The molecule has 1 aliphatic carbocycles. The maximum atomic E-state index is 5.93. The van der Waals surface area contributed by atoms with Gasteiger partial charge in [-0.1, -0.05) is 53.4 Å².